The van der Waals surface area contributed by atoms with Crippen LogP contribution in [-0.2, 0) is 12.7 Å². The summed E-state index contributed by atoms with van der Waals surface area (Å²) in [5.41, 5.74) is -0.0206. The first-order valence-electron chi connectivity index (χ1n) is 5.47. The van der Waals surface area contributed by atoms with Crippen LogP contribution in [0.3, 0.4) is 0 Å². The molecule has 0 amide bonds. The summed E-state index contributed by atoms with van der Waals surface area (Å²) in [6.45, 7) is 0.282. The largest absolute Gasteiger partial charge is 0.419 e. The van der Waals surface area contributed by atoms with Gasteiger partial charge in [0.05, 0.1) is 11.3 Å². The molecule has 2 nitrogen and oxygen atoms in total. The Morgan fingerprint density at radius 3 is 2.47 bits per heavy atom. The molecule has 0 saturated carbocycles. The van der Waals surface area contributed by atoms with Crippen LogP contribution in [0, 0.1) is 0 Å². The van der Waals surface area contributed by atoms with Crippen molar-refractivity contribution in [3.8, 4) is 0 Å². The molecular formula is C13H10ClF3N2. The van der Waals surface area contributed by atoms with Crippen molar-refractivity contribution < 1.29 is 13.2 Å². The molecule has 19 heavy (non-hydrogen) atoms. The summed E-state index contributed by atoms with van der Waals surface area (Å²) < 4.78 is 38.3. The molecule has 0 aliphatic carbocycles. The molecular weight excluding hydrogens is 277 g/mol. The molecule has 0 saturated heterocycles. The molecule has 0 unspecified atom stereocenters. The van der Waals surface area contributed by atoms with Crippen molar-refractivity contribution in [3.63, 3.8) is 0 Å². The van der Waals surface area contributed by atoms with Gasteiger partial charge in [0.25, 0.3) is 0 Å². The Morgan fingerprint density at radius 2 is 1.84 bits per heavy atom. The summed E-state index contributed by atoms with van der Waals surface area (Å²) in [7, 11) is 0. The first kappa shape index (κ1) is 13.7. The molecule has 1 aromatic carbocycles. The fourth-order valence-corrected chi connectivity index (χ4v) is 1.75. The van der Waals surface area contributed by atoms with Gasteiger partial charge in [-0.25, -0.2) is 4.98 Å². The average Bonchev–Trinajstić information content (AvgIpc) is 2.36. The zero-order valence-corrected chi connectivity index (χ0v) is 10.5. The molecule has 6 heteroatoms. The minimum Gasteiger partial charge on any atom is -0.380 e. The fourth-order valence-electron chi connectivity index (χ4n) is 1.60. The molecule has 0 fully saturated rings. The Labute approximate surface area is 113 Å². The van der Waals surface area contributed by atoms with Crippen LogP contribution >= 0.6 is 11.6 Å². The van der Waals surface area contributed by atoms with E-state index < -0.39 is 11.7 Å². The molecule has 0 radical (unpaired) electrons. The Balaban J connectivity index is 2.22. The maximum atomic E-state index is 12.8. The van der Waals surface area contributed by atoms with Crippen LogP contribution in [-0.4, -0.2) is 4.98 Å². The quantitative estimate of drug-likeness (QED) is 0.848. The van der Waals surface area contributed by atoms with E-state index in [1.54, 1.807) is 0 Å². The van der Waals surface area contributed by atoms with Crippen molar-refractivity contribution in [2.45, 2.75) is 12.7 Å². The predicted molar refractivity (Wildman–Crippen MR) is 68.0 cm³/mol. The number of anilines is 1. The van der Waals surface area contributed by atoms with Gasteiger partial charge in [-0.3, -0.25) is 0 Å². The highest BCUT2D eigenvalue weighted by molar-refractivity contribution is 6.29. The van der Waals surface area contributed by atoms with Gasteiger partial charge in [-0.15, -0.1) is 0 Å². The van der Waals surface area contributed by atoms with Gasteiger partial charge in [0.15, 0.2) is 0 Å². The summed E-state index contributed by atoms with van der Waals surface area (Å²) in [5.74, 6) is 0. The zero-order chi connectivity index (χ0) is 13.9. The second-order valence-corrected chi connectivity index (χ2v) is 4.28. The lowest BCUT2D eigenvalue weighted by Gasteiger charge is -2.14. The maximum Gasteiger partial charge on any atom is 0.419 e. The molecule has 0 aliphatic heterocycles. The van der Waals surface area contributed by atoms with Crippen molar-refractivity contribution in [1.29, 1.82) is 0 Å². The number of aromatic nitrogens is 1. The van der Waals surface area contributed by atoms with Crippen molar-refractivity contribution in [3.05, 3.63) is 58.9 Å². The third-order valence-electron chi connectivity index (χ3n) is 2.50. The smallest absolute Gasteiger partial charge is 0.380 e. The topological polar surface area (TPSA) is 24.9 Å². The van der Waals surface area contributed by atoms with Gasteiger partial charge < -0.3 is 5.32 Å². The van der Waals surface area contributed by atoms with E-state index in [4.69, 9.17) is 11.6 Å². The molecule has 2 aromatic rings. The lowest BCUT2D eigenvalue weighted by atomic mass is 10.2. The van der Waals surface area contributed by atoms with Crippen LogP contribution in [0.15, 0.2) is 42.6 Å². The van der Waals surface area contributed by atoms with Gasteiger partial charge in [-0.1, -0.05) is 41.9 Å². The van der Waals surface area contributed by atoms with E-state index >= 15 is 0 Å². The first-order chi connectivity index (χ1) is 8.97. The van der Waals surface area contributed by atoms with Crippen molar-refractivity contribution in [1.82, 2.24) is 4.98 Å². The standard InChI is InChI=1S/C13H10ClF3N2/c14-12-6-11(10(8-19-12)13(15,16)17)18-7-9-4-2-1-3-5-9/h1-6,8H,7H2,(H,18,19). The van der Waals surface area contributed by atoms with Crippen LogP contribution in [0.5, 0.6) is 0 Å². The van der Waals surface area contributed by atoms with E-state index in [-0.39, 0.29) is 17.4 Å². The Hall–Kier alpha value is -1.75. The fraction of sp³-hybridized carbons (Fsp3) is 0.154. The maximum absolute atomic E-state index is 12.8. The monoisotopic (exact) mass is 286 g/mol. The average molecular weight is 287 g/mol. The molecule has 100 valence electrons. The zero-order valence-electron chi connectivity index (χ0n) is 9.71. The molecule has 0 aliphatic rings. The molecule has 2 rings (SSSR count). The molecule has 0 bridgehead atoms. The number of nitrogens with one attached hydrogen (secondary N) is 1. The SMILES string of the molecule is FC(F)(F)c1cnc(Cl)cc1NCc1ccccc1. The third kappa shape index (κ3) is 3.61. The Morgan fingerprint density at radius 1 is 1.16 bits per heavy atom. The summed E-state index contributed by atoms with van der Waals surface area (Å²) >= 11 is 5.63. The summed E-state index contributed by atoms with van der Waals surface area (Å²) in [4.78, 5) is 3.47. The number of halogens is 4. The minimum absolute atomic E-state index is 0.0172. The van der Waals surface area contributed by atoms with E-state index in [1.807, 2.05) is 30.3 Å². The van der Waals surface area contributed by atoms with Crippen LogP contribution in [0.4, 0.5) is 18.9 Å². The minimum atomic E-state index is -4.46. The second-order valence-electron chi connectivity index (χ2n) is 3.89. The highest BCUT2D eigenvalue weighted by Gasteiger charge is 2.34. The van der Waals surface area contributed by atoms with Crippen LogP contribution < -0.4 is 5.32 Å². The third-order valence-corrected chi connectivity index (χ3v) is 2.71. The number of alkyl halides is 3. The van der Waals surface area contributed by atoms with E-state index in [0.29, 0.717) is 0 Å². The van der Waals surface area contributed by atoms with Crippen molar-refractivity contribution in [2.75, 3.05) is 5.32 Å². The molecule has 1 aromatic heterocycles. The molecule has 0 spiro atoms. The highest BCUT2D eigenvalue weighted by Crippen LogP contribution is 2.35. The van der Waals surface area contributed by atoms with Gasteiger partial charge in [-0.2, -0.15) is 13.2 Å². The van der Waals surface area contributed by atoms with E-state index in [1.165, 1.54) is 6.07 Å². The predicted octanol–water partition coefficient (Wildman–Crippen LogP) is 4.37. The van der Waals surface area contributed by atoms with E-state index in [2.05, 4.69) is 10.3 Å². The molecule has 1 N–H and O–H groups in total. The number of pyridine rings is 1. The first-order valence-corrected chi connectivity index (χ1v) is 5.85. The van der Waals surface area contributed by atoms with E-state index in [0.717, 1.165) is 11.8 Å². The van der Waals surface area contributed by atoms with Gasteiger partial charge in [-0.05, 0) is 11.6 Å². The van der Waals surface area contributed by atoms with Crippen LogP contribution in [0.2, 0.25) is 5.15 Å². The summed E-state index contributed by atoms with van der Waals surface area (Å²) in [5, 5.41) is 2.75. The van der Waals surface area contributed by atoms with E-state index in [9.17, 15) is 13.2 Å². The molecule has 1 heterocycles. The number of hydrogen-bond acceptors (Lipinski definition) is 2. The number of hydrogen-bond donors (Lipinski definition) is 1. The summed E-state index contributed by atoms with van der Waals surface area (Å²) in [6, 6.07) is 10.3. The van der Waals surface area contributed by atoms with Crippen LogP contribution in [0.1, 0.15) is 11.1 Å². The lowest BCUT2D eigenvalue weighted by molar-refractivity contribution is -0.137. The normalized spacial score (nSPS) is 11.4. The van der Waals surface area contributed by atoms with Gasteiger partial charge in [0, 0.05) is 12.7 Å². The van der Waals surface area contributed by atoms with Gasteiger partial charge in [0.1, 0.15) is 5.15 Å². The number of benzene rings is 1. The van der Waals surface area contributed by atoms with Crippen molar-refractivity contribution in [2.24, 2.45) is 0 Å². The Kier molecular flexibility index (Phi) is 3.95. The molecule has 0 atom stereocenters. The highest BCUT2D eigenvalue weighted by atomic mass is 35.5. The number of nitrogens with zero attached hydrogens (tertiary/aromatic N) is 1. The van der Waals surface area contributed by atoms with Crippen LogP contribution in [0.25, 0.3) is 0 Å². The van der Waals surface area contributed by atoms with Crippen molar-refractivity contribution >= 4 is 17.3 Å². The number of rotatable bonds is 3. The lowest BCUT2D eigenvalue weighted by Crippen LogP contribution is -2.11. The van der Waals surface area contributed by atoms with Gasteiger partial charge in [0.2, 0.25) is 0 Å². The Bertz CT molecular complexity index is 556. The van der Waals surface area contributed by atoms with Gasteiger partial charge >= 0.3 is 6.18 Å². The second kappa shape index (κ2) is 5.48. The summed E-state index contributed by atoms with van der Waals surface area (Å²) in [6.07, 6.45) is -3.73.